The van der Waals surface area contributed by atoms with Crippen molar-refractivity contribution >= 4 is 23.2 Å². The number of hydrogen-bond donors (Lipinski definition) is 1. The average Bonchev–Trinajstić information content (AvgIpc) is 3.01. The first kappa shape index (κ1) is 20.7. The quantitative estimate of drug-likeness (QED) is 0.573. The average molecular weight is 425 g/mol. The fourth-order valence-corrected chi connectivity index (χ4v) is 2.70. The van der Waals surface area contributed by atoms with Gasteiger partial charge in [0.25, 0.3) is 0 Å². The van der Waals surface area contributed by atoms with E-state index in [1.165, 1.54) is 18.2 Å². The molecule has 1 aromatic heterocycles. The summed E-state index contributed by atoms with van der Waals surface area (Å²) in [5, 5.41) is 2.75. The molecule has 0 saturated carbocycles. The summed E-state index contributed by atoms with van der Waals surface area (Å²) in [7, 11) is 0. The number of ether oxygens (including phenoxy) is 1. The Labute approximate surface area is 169 Å². The molecule has 2 aromatic carbocycles. The Morgan fingerprint density at radius 2 is 1.93 bits per heavy atom. The maximum Gasteiger partial charge on any atom is 0.422 e. The van der Waals surface area contributed by atoms with Gasteiger partial charge in [-0.15, -0.1) is 0 Å². The standard InChI is InChI=1S/C20H16ClF3N2O3/c1-12-15(26-19(29-12)13-5-3-2-4-6-13)10-18(27)25-16-9-14(21)7-8-17(16)28-11-20(22,23)24/h2-9H,10-11H2,1H3,(H,25,27). The van der Waals surface area contributed by atoms with Gasteiger partial charge in [0, 0.05) is 10.6 Å². The van der Waals surface area contributed by atoms with Gasteiger partial charge in [0.2, 0.25) is 11.8 Å². The fraction of sp³-hybridized carbons (Fsp3) is 0.200. The Balaban J connectivity index is 1.73. The largest absolute Gasteiger partial charge is 0.482 e. The summed E-state index contributed by atoms with van der Waals surface area (Å²) in [6.45, 7) is 0.194. The molecular formula is C20H16ClF3N2O3. The highest BCUT2D eigenvalue weighted by Crippen LogP contribution is 2.30. The minimum Gasteiger partial charge on any atom is -0.482 e. The van der Waals surface area contributed by atoms with Crippen LogP contribution in [0.15, 0.2) is 52.9 Å². The number of hydrogen-bond acceptors (Lipinski definition) is 4. The van der Waals surface area contributed by atoms with E-state index in [-0.39, 0.29) is 22.9 Å². The number of rotatable bonds is 6. The van der Waals surface area contributed by atoms with Gasteiger partial charge in [0.1, 0.15) is 11.5 Å². The first-order valence-electron chi connectivity index (χ1n) is 8.52. The Bertz CT molecular complexity index is 1000. The van der Waals surface area contributed by atoms with Gasteiger partial charge in [-0.3, -0.25) is 4.79 Å². The second-order valence-corrected chi connectivity index (χ2v) is 6.59. The van der Waals surface area contributed by atoms with E-state index in [9.17, 15) is 18.0 Å². The van der Waals surface area contributed by atoms with Crippen LogP contribution in [0.25, 0.3) is 11.5 Å². The lowest BCUT2D eigenvalue weighted by atomic mass is 10.2. The van der Waals surface area contributed by atoms with Crippen molar-refractivity contribution in [2.45, 2.75) is 19.5 Å². The van der Waals surface area contributed by atoms with Crippen LogP contribution in [0.5, 0.6) is 5.75 Å². The van der Waals surface area contributed by atoms with E-state index in [1.54, 1.807) is 6.92 Å². The number of nitrogens with zero attached hydrogens (tertiary/aromatic N) is 1. The Kier molecular flexibility index (Phi) is 6.12. The normalized spacial score (nSPS) is 11.3. The molecule has 0 fully saturated rings. The third-order valence-corrected chi connectivity index (χ3v) is 4.08. The van der Waals surface area contributed by atoms with Crippen LogP contribution >= 0.6 is 11.6 Å². The zero-order valence-electron chi connectivity index (χ0n) is 15.2. The minimum absolute atomic E-state index is 0.0381. The number of carbonyl (C=O) groups is 1. The van der Waals surface area contributed by atoms with Crippen molar-refractivity contribution in [3.63, 3.8) is 0 Å². The molecule has 0 unspecified atom stereocenters. The zero-order valence-corrected chi connectivity index (χ0v) is 16.0. The third-order valence-electron chi connectivity index (χ3n) is 3.85. The van der Waals surface area contributed by atoms with Crippen LogP contribution in [0.4, 0.5) is 18.9 Å². The molecule has 0 spiro atoms. The van der Waals surface area contributed by atoms with Gasteiger partial charge in [-0.05, 0) is 37.3 Å². The number of alkyl halides is 3. The lowest BCUT2D eigenvalue weighted by Crippen LogP contribution is -2.21. The topological polar surface area (TPSA) is 64.4 Å². The van der Waals surface area contributed by atoms with Crippen LogP contribution in [-0.2, 0) is 11.2 Å². The molecule has 0 saturated heterocycles. The molecular weight excluding hydrogens is 409 g/mol. The van der Waals surface area contributed by atoms with E-state index in [4.69, 9.17) is 20.8 Å². The van der Waals surface area contributed by atoms with Crippen molar-refractivity contribution in [2.24, 2.45) is 0 Å². The number of anilines is 1. The highest BCUT2D eigenvalue weighted by atomic mass is 35.5. The molecule has 3 rings (SSSR count). The zero-order chi connectivity index (χ0) is 21.0. The summed E-state index contributed by atoms with van der Waals surface area (Å²) < 4.78 is 47.7. The SMILES string of the molecule is Cc1oc(-c2ccccc2)nc1CC(=O)Nc1cc(Cl)ccc1OCC(F)(F)F. The first-order valence-corrected chi connectivity index (χ1v) is 8.90. The number of amides is 1. The van der Waals surface area contributed by atoms with Crippen LogP contribution in [0.1, 0.15) is 11.5 Å². The predicted molar refractivity (Wildman–Crippen MR) is 102 cm³/mol. The molecule has 9 heteroatoms. The molecule has 0 aliphatic heterocycles. The molecule has 1 N–H and O–H groups in total. The number of halogens is 4. The minimum atomic E-state index is -4.51. The van der Waals surface area contributed by atoms with Crippen molar-refractivity contribution in [3.05, 3.63) is 65.0 Å². The highest BCUT2D eigenvalue weighted by molar-refractivity contribution is 6.31. The molecule has 1 amide bonds. The van der Waals surface area contributed by atoms with Crippen molar-refractivity contribution in [3.8, 4) is 17.2 Å². The van der Waals surface area contributed by atoms with Gasteiger partial charge in [-0.2, -0.15) is 13.2 Å². The van der Waals surface area contributed by atoms with Gasteiger partial charge >= 0.3 is 6.18 Å². The molecule has 0 aliphatic rings. The smallest absolute Gasteiger partial charge is 0.422 e. The van der Waals surface area contributed by atoms with Crippen LogP contribution in [0.3, 0.4) is 0 Å². The second-order valence-electron chi connectivity index (χ2n) is 6.16. The molecule has 29 heavy (non-hydrogen) atoms. The van der Waals surface area contributed by atoms with E-state index in [0.717, 1.165) is 5.56 Å². The summed E-state index contributed by atoms with van der Waals surface area (Å²) >= 11 is 5.89. The van der Waals surface area contributed by atoms with Crippen LogP contribution in [0, 0.1) is 6.92 Å². The van der Waals surface area contributed by atoms with Gasteiger partial charge < -0.3 is 14.5 Å². The van der Waals surface area contributed by atoms with E-state index in [1.807, 2.05) is 30.3 Å². The Morgan fingerprint density at radius 3 is 2.62 bits per heavy atom. The number of carbonyl (C=O) groups excluding carboxylic acids is 1. The number of oxazole rings is 1. The molecule has 5 nitrogen and oxygen atoms in total. The van der Waals surface area contributed by atoms with Crippen LogP contribution in [0.2, 0.25) is 5.02 Å². The maximum atomic E-state index is 12.4. The Hall–Kier alpha value is -3.00. The summed E-state index contributed by atoms with van der Waals surface area (Å²) in [5.74, 6) is 0.212. The molecule has 1 heterocycles. The molecule has 3 aromatic rings. The van der Waals surface area contributed by atoms with E-state index >= 15 is 0 Å². The fourth-order valence-electron chi connectivity index (χ4n) is 2.53. The lowest BCUT2D eigenvalue weighted by Gasteiger charge is -2.14. The second kappa shape index (κ2) is 8.57. The molecule has 0 radical (unpaired) electrons. The number of benzene rings is 2. The molecule has 0 atom stereocenters. The first-order chi connectivity index (χ1) is 13.7. The van der Waals surface area contributed by atoms with Gasteiger partial charge in [-0.1, -0.05) is 29.8 Å². The molecule has 0 bridgehead atoms. The van der Waals surface area contributed by atoms with Crippen LogP contribution < -0.4 is 10.1 Å². The summed E-state index contributed by atoms with van der Waals surface area (Å²) in [5.41, 5.74) is 1.22. The summed E-state index contributed by atoms with van der Waals surface area (Å²) in [4.78, 5) is 16.8. The van der Waals surface area contributed by atoms with E-state index in [2.05, 4.69) is 10.3 Å². The number of aromatic nitrogens is 1. The van der Waals surface area contributed by atoms with Crippen molar-refractivity contribution < 1.29 is 27.1 Å². The lowest BCUT2D eigenvalue weighted by molar-refractivity contribution is -0.153. The maximum absolute atomic E-state index is 12.4. The number of aryl methyl sites for hydroxylation is 1. The van der Waals surface area contributed by atoms with Crippen molar-refractivity contribution in [2.75, 3.05) is 11.9 Å². The molecule has 152 valence electrons. The van der Waals surface area contributed by atoms with E-state index in [0.29, 0.717) is 17.3 Å². The van der Waals surface area contributed by atoms with Gasteiger partial charge in [-0.25, -0.2) is 4.98 Å². The summed E-state index contributed by atoms with van der Waals surface area (Å²) in [6.07, 6.45) is -4.64. The van der Waals surface area contributed by atoms with Crippen molar-refractivity contribution in [1.29, 1.82) is 0 Å². The summed E-state index contributed by atoms with van der Waals surface area (Å²) in [6, 6.07) is 13.1. The predicted octanol–water partition coefficient (Wildman–Crippen LogP) is 5.43. The van der Waals surface area contributed by atoms with Gasteiger partial charge in [0.05, 0.1) is 17.8 Å². The van der Waals surface area contributed by atoms with E-state index < -0.39 is 18.7 Å². The number of nitrogens with one attached hydrogen (secondary N) is 1. The monoisotopic (exact) mass is 424 g/mol. The van der Waals surface area contributed by atoms with Gasteiger partial charge in [0.15, 0.2) is 6.61 Å². The Morgan fingerprint density at radius 1 is 1.21 bits per heavy atom. The highest BCUT2D eigenvalue weighted by Gasteiger charge is 2.29. The van der Waals surface area contributed by atoms with Crippen LogP contribution in [-0.4, -0.2) is 23.7 Å². The van der Waals surface area contributed by atoms with Crippen molar-refractivity contribution in [1.82, 2.24) is 4.98 Å². The molecule has 0 aliphatic carbocycles. The third kappa shape index (κ3) is 5.74.